The first-order chi connectivity index (χ1) is 8.95. The first-order valence-electron chi connectivity index (χ1n) is 6.39. The van der Waals surface area contributed by atoms with Crippen molar-refractivity contribution < 1.29 is 4.74 Å². The lowest BCUT2D eigenvalue weighted by Gasteiger charge is -2.32. The predicted octanol–water partition coefficient (Wildman–Crippen LogP) is 3.57. The van der Waals surface area contributed by atoms with Crippen LogP contribution in [-0.4, -0.2) is 19.4 Å². The molecule has 2 aromatic rings. The van der Waals surface area contributed by atoms with Crippen molar-refractivity contribution in [1.29, 1.82) is 0 Å². The van der Waals surface area contributed by atoms with Crippen molar-refractivity contribution in [2.24, 2.45) is 0 Å². The third-order valence-electron chi connectivity index (χ3n) is 3.40. The van der Waals surface area contributed by atoms with E-state index in [1.54, 1.807) is 0 Å². The monoisotopic (exact) mass is 256 g/mol. The van der Waals surface area contributed by atoms with E-state index in [4.69, 9.17) is 4.74 Å². The average molecular weight is 256 g/mol. The molecule has 18 heavy (non-hydrogen) atoms. The highest BCUT2D eigenvalue weighted by atomic mass is 31.1. The molecule has 0 saturated carbocycles. The lowest BCUT2D eigenvalue weighted by molar-refractivity contribution is 0.141. The van der Waals surface area contributed by atoms with E-state index in [9.17, 15) is 0 Å². The molecule has 1 saturated heterocycles. The van der Waals surface area contributed by atoms with Crippen molar-refractivity contribution >= 4 is 13.2 Å². The zero-order valence-corrected chi connectivity index (χ0v) is 11.2. The molecule has 2 heteroatoms. The fraction of sp³-hybridized carbons (Fsp3) is 0.250. The van der Waals surface area contributed by atoms with Crippen molar-refractivity contribution in [3.05, 3.63) is 66.2 Å². The summed E-state index contributed by atoms with van der Waals surface area (Å²) in [7, 11) is -0.132. The van der Waals surface area contributed by atoms with E-state index in [1.165, 1.54) is 17.0 Å². The van der Waals surface area contributed by atoms with Gasteiger partial charge in [0, 0.05) is 5.66 Å². The Labute approximate surface area is 110 Å². The largest absolute Gasteiger partial charge is 0.380 e. The molecular weight excluding hydrogens is 239 g/mol. The molecule has 0 amide bonds. The van der Waals surface area contributed by atoms with Crippen LogP contribution in [0.2, 0.25) is 0 Å². The zero-order chi connectivity index (χ0) is 12.2. The van der Waals surface area contributed by atoms with Crippen molar-refractivity contribution in [2.45, 2.75) is 5.66 Å². The molecule has 0 aliphatic carbocycles. The predicted molar refractivity (Wildman–Crippen MR) is 77.9 cm³/mol. The maximum Gasteiger partial charge on any atom is 0.0577 e. The minimum atomic E-state index is -0.132. The Morgan fingerprint density at radius 1 is 0.889 bits per heavy atom. The Kier molecular flexibility index (Phi) is 3.73. The molecule has 1 nitrogen and oxygen atoms in total. The van der Waals surface area contributed by atoms with Crippen LogP contribution in [0.5, 0.6) is 0 Å². The van der Waals surface area contributed by atoms with Gasteiger partial charge in [0.2, 0.25) is 0 Å². The molecule has 0 unspecified atom stereocenters. The molecule has 0 spiro atoms. The topological polar surface area (TPSA) is 9.23 Å². The van der Waals surface area contributed by atoms with Crippen LogP contribution < -0.4 is 5.30 Å². The number of hydrogen-bond donors (Lipinski definition) is 0. The normalized spacial score (nSPS) is 23.8. The van der Waals surface area contributed by atoms with Gasteiger partial charge in [0.15, 0.2) is 0 Å². The Hall–Kier alpha value is -1.17. The molecule has 92 valence electrons. The van der Waals surface area contributed by atoms with E-state index in [0.29, 0.717) is 5.66 Å². The lowest BCUT2D eigenvalue weighted by atomic mass is 10.1. The fourth-order valence-corrected chi connectivity index (χ4v) is 5.11. The van der Waals surface area contributed by atoms with Gasteiger partial charge in [-0.2, -0.15) is 0 Å². The van der Waals surface area contributed by atoms with Crippen LogP contribution in [0, 0.1) is 0 Å². The summed E-state index contributed by atoms with van der Waals surface area (Å²) < 4.78 is 5.70. The van der Waals surface area contributed by atoms with Crippen LogP contribution in [-0.2, 0) is 4.74 Å². The minimum absolute atomic E-state index is 0.132. The van der Waals surface area contributed by atoms with E-state index in [-0.39, 0.29) is 7.92 Å². The van der Waals surface area contributed by atoms with Crippen LogP contribution in [0.25, 0.3) is 0 Å². The van der Waals surface area contributed by atoms with Crippen molar-refractivity contribution in [3.8, 4) is 0 Å². The van der Waals surface area contributed by atoms with Gasteiger partial charge in [0.05, 0.1) is 13.2 Å². The average Bonchev–Trinajstić information content (AvgIpc) is 2.49. The summed E-state index contributed by atoms with van der Waals surface area (Å²) in [5.74, 6) is 0. The summed E-state index contributed by atoms with van der Waals surface area (Å²) in [5, 5.41) is 1.50. The van der Waals surface area contributed by atoms with Crippen LogP contribution in [0.15, 0.2) is 60.7 Å². The van der Waals surface area contributed by atoms with Crippen LogP contribution >= 0.6 is 7.92 Å². The maximum absolute atomic E-state index is 5.70. The smallest absolute Gasteiger partial charge is 0.0577 e. The van der Waals surface area contributed by atoms with Crippen molar-refractivity contribution in [2.75, 3.05) is 19.4 Å². The molecule has 0 N–H and O–H groups in total. The van der Waals surface area contributed by atoms with Crippen LogP contribution in [0.1, 0.15) is 11.2 Å². The summed E-state index contributed by atoms with van der Waals surface area (Å²) in [4.78, 5) is 0. The Balaban J connectivity index is 1.92. The molecule has 1 heterocycles. The standard InChI is InChI=1S/C16H17OP/c1-3-7-14(8-4-1)16-13-17-11-12-18(16)15-9-5-2-6-10-15/h1-10,16H,11-13H2/t16-,18+/m1/s1. The molecule has 1 aliphatic heterocycles. The van der Waals surface area contributed by atoms with Gasteiger partial charge >= 0.3 is 0 Å². The molecule has 1 aliphatic rings. The zero-order valence-electron chi connectivity index (χ0n) is 10.3. The van der Waals surface area contributed by atoms with Gasteiger partial charge in [-0.1, -0.05) is 68.6 Å². The van der Waals surface area contributed by atoms with Gasteiger partial charge < -0.3 is 4.74 Å². The summed E-state index contributed by atoms with van der Waals surface area (Å²) >= 11 is 0. The molecule has 2 atom stereocenters. The molecule has 3 rings (SSSR count). The minimum Gasteiger partial charge on any atom is -0.380 e. The maximum atomic E-state index is 5.70. The second-order valence-corrected chi connectivity index (χ2v) is 7.06. The Bertz CT molecular complexity index is 435. The van der Waals surface area contributed by atoms with Gasteiger partial charge in [0.1, 0.15) is 0 Å². The van der Waals surface area contributed by atoms with Gasteiger partial charge in [-0.3, -0.25) is 0 Å². The Morgan fingerprint density at radius 3 is 2.28 bits per heavy atom. The fourth-order valence-electron chi connectivity index (χ4n) is 2.48. The summed E-state index contributed by atoms with van der Waals surface area (Å²) in [6, 6.07) is 21.7. The molecule has 0 radical (unpaired) electrons. The number of rotatable bonds is 2. The van der Waals surface area contributed by atoms with E-state index >= 15 is 0 Å². The second kappa shape index (κ2) is 5.65. The van der Waals surface area contributed by atoms with Gasteiger partial charge in [-0.25, -0.2) is 0 Å². The summed E-state index contributed by atoms with van der Waals surface area (Å²) in [6.45, 7) is 1.77. The van der Waals surface area contributed by atoms with Gasteiger partial charge in [-0.15, -0.1) is 0 Å². The van der Waals surface area contributed by atoms with Gasteiger partial charge in [0.25, 0.3) is 0 Å². The highest BCUT2D eigenvalue weighted by molar-refractivity contribution is 7.66. The highest BCUT2D eigenvalue weighted by Gasteiger charge is 2.27. The van der Waals surface area contributed by atoms with E-state index < -0.39 is 0 Å². The number of benzene rings is 2. The second-order valence-electron chi connectivity index (χ2n) is 4.53. The lowest BCUT2D eigenvalue weighted by Crippen LogP contribution is -2.22. The van der Waals surface area contributed by atoms with Crippen molar-refractivity contribution in [1.82, 2.24) is 0 Å². The van der Waals surface area contributed by atoms with E-state index in [2.05, 4.69) is 60.7 Å². The Morgan fingerprint density at radius 2 is 1.56 bits per heavy atom. The molecule has 2 aromatic carbocycles. The number of hydrogen-bond acceptors (Lipinski definition) is 1. The molecule has 0 aromatic heterocycles. The van der Waals surface area contributed by atoms with E-state index in [1.807, 2.05) is 0 Å². The number of ether oxygens (including phenoxy) is 1. The quantitative estimate of drug-likeness (QED) is 0.746. The third-order valence-corrected chi connectivity index (χ3v) is 6.23. The van der Waals surface area contributed by atoms with E-state index in [0.717, 1.165) is 13.2 Å². The van der Waals surface area contributed by atoms with Crippen LogP contribution in [0.3, 0.4) is 0 Å². The van der Waals surface area contributed by atoms with Crippen molar-refractivity contribution in [3.63, 3.8) is 0 Å². The van der Waals surface area contributed by atoms with Crippen LogP contribution in [0.4, 0.5) is 0 Å². The van der Waals surface area contributed by atoms with Gasteiger partial charge in [-0.05, 0) is 17.0 Å². The molecule has 0 bridgehead atoms. The first-order valence-corrected chi connectivity index (χ1v) is 7.99. The summed E-state index contributed by atoms with van der Waals surface area (Å²) in [6.07, 6.45) is 1.18. The first kappa shape index (κ1) is 11.9. The SMILES string of the molecule is c1ccc([C@H]2COCC[P@@]2c2ccccc2)cc1. The summed E-state index contributed by atoms with van der Waals surface area (Å²) in [5.41, 5.74) is 1.98. The highest BCUT2D eigenvalue weighted by Crippen LogP contribution is 2.52. The third kappa shape index (κ3) is 2.48. The molecular formula is C16H17OP. The molecule has 1 fully saturated rings.